The number of carbonyl (C=O) groups excluding carboxylic acids is 1. The standard InChI is InChI=1S/C24H24ClN3O5/c1-4-5-10-33-23(31)17-12-16(7-8-19(17)25)26-13-18-21(29)27-24(32)28(22(18)30)20-9-6-14(2)11-15(20)3/h6-9,11-13,30H,4-5,10H2,1-3H3,(H,27,29,32). The normalized spacial score (nSPS) is 11.2. The second-order valence-corrected chi connectivity index (χ2v) is 7.94. The van der Waals surface area contributed by atoms with E-state index in [9.17, 15) is 19.5 Å². The number of benzene rings is 2. The minimum atomic E-state index is -0.796. The first kappa shape index (κ1) is 24.0. The van der Waals surface area contributed by atoms with Crippen LogP contribution in [0.25, 0.3) is 5.69 Å². The van der Waals surface area contributed by atoms with Crippen LogP contribution >= 0.6 is 11.6 Å². The monoisotopic (exact) mass is 469 g/mol. The number of aryl methyl sites for hydroxylation is 2. The Hall–Kier alpha value is -3.65. The molecule has 0 radical (unpaired) electrons. The van der Waals surface area contributed by atoms with Gasteiger partial charge < -0.3 is 9.84 Å². The Kier molecular flexibility index (Phi) is 7.50. The van der Waals surface area contributed by atoms with Crippen LogP contribution in [0.2, 0.25) is 5.02 Å². The van der Waals surface area contributed by atoms with Gasteiger partial charge in [-0.1, -0.05) is 42.6 Å². The summed E-state index contributed by atoms with van der Waals surface area (Å²) in [6, 6.07) is 9.80. The van der Waals surface area contributed by atoms with Gasteiger partial charge in [0.25, 0.3) is 5.56 Å². The minimum absolute atomic E-state index is 0.140. The molecule has 0 saturated carbocycles. The Labute approximate surface area is 195 Å². The number of aromatic nitrogens is 2. The summed E-state index contributed by atoms with van der Waals surface area (Å²) in [5.74, 6) is -1.12. The predicted molar refractivity (Wildman–Crippen MR) is 128 cm³/mol. The lowest BCUT2D eigenvalue weighted by atomic mass is 10.1. The van der Waals surface area contributed by atoms with Crippen LogP contribution in [0, 0.1) is 13.8 Å². The quantitative estimate of drug-likeness (QED) is 0.305. The number of halogens is 1. The summed E-state index contributed by atoms with van der Waals surface area (Å²) in [4.78, 5) is 43.5. The first-order valence-electron chi connectivity index (χ1n) is 10.4. The highest BCUT2D eigenvalue weighted by molar-refractivity contribution is 6.33. The number of esters is 1. The van der Waals surface area contributed by atoms with Crippen LogP contribution in [0.4, 0.5) is 5.69 Å². The van der Waals surface area contributed by atoms with E-state index in [1.54, 1.807) is 25.1 Å². The zero-order chi connectivity index (χ0) is 24.1. The molecule has 3 rings (SSSR count). The molecule has 2 aromatic carbocycles. The number of nitrogens with zero attached hydrogens (tertiary/aromatic N) is 2. The van der Waals surface area contributed by atoms with Gasteiger partial charge in [-0.2, -0.15) is 0 Å². The first-order chi connectivity index (χ1) is 15.7. The van der Waals surface area contributed by atoms with Gasteiger partial charge in [0.1, 0.15) is 5.56 Å². The van der Waals surface area contributed by atoms with Gasteiger partial charge in [0.05, 0.1) is 28.6 Å². The average molecular weight is 470 g/mol. The van der Waals surface area contributed by atoms with Crippen LogP contribution in [0.1, 0.15) is 46.8 Å². The van der Waals surface area contributed by atoms with Crippen LogP contribution in [-0.4, -0.2) is 33.4 Å². The molecule has 2 N–H and O–H groups in total. The van der Waals surface area contributed by atoms with E-state index in [1.807, 2.05) is 19.9 Å². The predicted octanol–water partition coefficient (Wildman–Crippen LogP) is 4.21. The molecule has 0 saturated heterocycles. The van der Waals surface area contributed by atoms with Gasteiger partial charge in [0.15, 0.2) is 0 Å². The van der Waals surface area contributed by atoms with Crippen molar-refractivity contribution in [3.63, 3.8) is 0 Å². The van der Waals surface area contributed by atoms with Crippen LogP contribution in [-0.2, 0) is 4.74 Å². The summed E-state index contributed by atoms with van der Waals surface area (Å²) < 4.78 is 6.20. The molecule has 0 aliphatic rings. The Morgan fingerprint density at radius 3 is 2.67 bits per heavy atom. The van der Waals surface area contributed by atoms with Gasteiger partial charge in [0, 0.05) is 6.21 Å². The zero-order valence-electron chi connectivity index (χ0n) is 18.5. The molecule has 172 valence electrons. The van der Waals surface area contributed by atoms with E-state index in [-0.39, 0.29) is 22.8 Å². The molecule has 1 aromatic heterocycles. The SMILES string of the molecule is CCCCOC(=O)c1cc(N=Cc2c(O)n(-c3ccc(C)cc3C)c(=O)[nH]c2=O)ccc1Cl. The summed E-state index contributed by atoms with van der Waals surface area (Å²) in [5.41, 5.74) is 0.827. The Bertz CT molecular complexity index is 1340. The third kappa shape index (κ3) is 5.40. The summed E-state index contributed by atoms with van der Waals surface area (Å²) in [6.45, 7) is 5.96. The van der Waals surface area contributed by atoms with E-state index in [0.29, 0.717) is 11.4 Å². The molecule has 8 nitrogen and oxygen atoms in total. The van der Waals surface area contributed by atoms with Crippen molar-refractivity contribution in [3.05, 3.63) is 84.5 Å². The topological polar surface area (TPSA) is 114 Å². The molecule has 0 atom stereocenters. The number of hydrogen-bond acceptors (Lipinski definition) is 6. The number of aromatic amines is 1. The highest BCUT2D eigenvalue weighted by Gasteiger charge is 2.16. The molecule has 3 aromatic rings. The smallest absolute Gasteiger partial charge is 0.339 e. The van der Waals surface area contributed by atoms with E-state index in [2.05, 4.69) is 9.98 Å². The molecular weight excluding hydrogens is 446 g/mol. The second-order valence-electron chi connectivity index (χ2n) is 7.53. The molecule has 0 aliphatic carbocycles. The van der Waals surface area contributed by atoms with Gasteiger partial charge in [-0.15, -0.1) is 0 Å². The molecule has 1 heterocycles. The number of aromatic hydroxyl groups is 1. The van der Waals surface area contributed by atoms with Gasteiger partial charge in [0.2, 0.25) is 5.88 Å². The lowest BCUT2D eigenvalue weighted by Gasteiger charge is -2.12. The van der Waals surface area contributed by atoms with E-state index >= 15 is 0 Å². The first-order valence-corrected chi connectivity index (χ1v) is 10.8. The van der Waals surface area contributed by atoms with Crippen LogP contribution < -0.4 is 11.2 Å². The van der Waals surface area contributed by atoms with Gasteiger partial charge >= 0.3 is 11.7 Å². The summed E-state index contributed by atoms with van der Waals surface area (Å²) in [7, 11) is 0. The summed E-state index contributed by atoms with van der Waals surface area (Å²) in [5, 5.41) is 10.9. The maximum atomic E-state index is 12.4. The van der Waals surface area contributed by atoms with Crippen molar-refractivity contribution in [1.29, 1.82) is 0 Å². The van der Waals surface area contributed by atoms with Crippen molar-refractivity contribution in [1.82, 2.24) is 9.55 Å². The number of carbonyl (C=O) groups is 1. The van der Waals surface area contributed by atoms with Crippen molar-refractivity contribution in [2.24, 2.45) is 4.99 Å². The van der Waals surface area contributed by atoms with Crippen molar-refractivity contribution < 1.29 is 14.6 Å². The fraction of sp³-hybridized carbons (Fsp3) is 0.250. The number of unbranched alkanes of at least 4 members (excludes halogenated alkanes) is 1. The van der Waals surface area contributed by atoms with Crippen molar-refractivity contribution >= 4 is 29.5 Å². The number of rotatable bonds is 7. The van der Waals surface area contributed by atoms with Gasteiger partial charge in [-0.3, -0.25) is 14.8 Å². The van der Waals surface area contributed by atoms with Crippen molar-refractivity contribution in [2.75, 3.05) is 6.61 Å². The molecule has 33 heavy (non-hydrogen) atoms. The van der Waals surface area contributed by atoms with E-state index < -0.39 is 23.1 Å². The lowest BCUT2D eigenvalue weighted by molar-refractivity contribution is 0.0500. The number of ether oxygens (including phenoxy) is 1. The third-order valence-electron chi connectivity index (χ3n) is 4.96. The molecule has 0 fully saturated rings. The Morgan fingerprint density at radius 2 is 1.97 bits per heavy atom. The van der Waals surface area contributed by atoms with Crippen molar-refractivity contribution in [3.8, 4) is 11.6 Å². The second kappa shape index (κ2) is 10.3. The maximum Gasteiger partial charge on any atom is 0.339 e. The Morgan fingerprint density at radius 1 is 1.21 bits per heavy atom. The number of nitrogens with one attached hydrogen (secondary N) is 1. The molecule has 0 spiro atoms. The van der Waals surface area contributed by atoms with Crippen LogP contribution in [0.3, 0.4) is 0 Å². The van der Waals surface area contributed by atoms with E-state index in [4.69, 9.17) is 16.3 Å². The van der Waals surface area contributed by atoms with Gasteiger partial charge in [-0.05, 0) is 50.1 Å². The fourth-order valence-corrected chi connectivity index (χ4v) is 3.41. The Balaban J connectivity index is 2.00. The van der Waals surface area contributed by atoms with E-state index in [0.717, 1.165) is 34.8 Å². The molecule has 9 heteroatoms. The molecular formula is C24H24ClN3O5. The number of aliphatic imine (C=N–C) groups is 1. The summed E-state index contributed by atoms with van der Waals surface area (Å²) in [6.07, 6.45) is 2.75. The minimum Gasteiger partial charge on any atom is -0.493 e. The molecule has 0 bridgehead atoms. The highest BCUT2D eigenvalue weighted by atomic mass is 35.5. The maximum absolute atomic E-state index is 12.4. The summed E-state index contributed by atoms with van der Waals surface area (Å²) >= 11 is 6.12. The third-order valence-corrected chi connectivity index (χ3v) is 5.29. The fourth-order valence-electron chi connectivity index (χ4n) is 3.21. The highest BCUT2D eigenvalue weighted by Crippen LogP contribution is 2.24. The lowest BCUT2D eigenvalue weighted by Crippen LogP contribution is -2.31. The largest absolute Gasteiger partial charge is 0.493 e. The van der Waals surface area contributed by atoms with Crippen molar-refractivity contribution in [2.45, 2.75) is 33.6 Å². The van der Waals surface area contributed by atoms with Crippen LogP contribution in [0.15, 0.2) is 51.0 Å². The van der Waals surface area contributed by atoms with E-state index in [1.165, 1.54) is 12.1 Å². The molecule has 0 unspecified atom stereocenters. The van der Waals surface area contributed by atoms with Gasteiger partial charge in [-0.25, -0.2) is 14.2 Å². The number of hydrogen-bond donors (Lipinski definition) is 2. The van der Waals surface area contributed by atoms with Crippen LogP contribution in [0.5, 0.6) is 5.88 Å². The molecule has 0 amide bonds. The zero-order valence-corrected chi connectivity index (χ0v) is 19.3. The number of H-pyrrole nitrogens is 1. The molecule has 0 aliphatic heterocycles. The average Bonchev–Trinajstić information content (AvgIpc) is 2.76.